The van der Waals surface area contributed by atoms with E-state index in [1.807, 2.05) is 13.8 Å². The summed E-state index contributed by atoms with van der Waals surface area (Å²) in [7, 11) is 0. The lowest BCUT2D eigenvalue weighted by Gasteiger charge is -2.37. The molecule has 1 fully saturated rings. The first-order valence-electron chi connectivity index (χ1n) is 6.44. The van der Waals surface area contributed by atoms with Crippen molar-refractivity contribution >= 4 is 11.8 Å². The smallest absolute Gasteiger partial charge is 0.372 e. The molecule has 0 aliphatic carbocycles. The lowest BCUT2D eigenvalue weighted by atomic mass is 9.99. The second-order valence-corrected chi connectivity index (χ2v) is 4.98. The predicted octanol–water partition coefficient (Wildman–Crippen LogP) is 0.938. The second kappa shape index (κ2) is 6.92. The van der Waals surface area contributed by atoms with Crippen LogP contribution in [0.3, 0.4) is 0 Å². The molecular weight excluding hydrogens is 277 g/mol. The Balaban J connectivity index is 2.46. The van der Waals surface area contributed by atoms with Crippen LogP contribution >= 0.6 is 0 Å². The maximum atomic E-state index is 12.0. The van der Waals surface area contributed by atoms with E-state index in [0.29, 0.717) is 13.1 Å². The fourth-order valence-corrected chi connectivity index (χ4v) is 2.12. The number of alkyl halides is 3. The molecule has 1 unspecified atom stereocenters. The van der Waals surface area contributed by atoms with Gasteiger partial charge in [0.05, 0.1) is 13.0 Å². The molecular formula is C12H19F3N2O3. The Kier molecular flexibility index (Phi) is 5.79. The lowest BCUT2D eigenvalue weighted by Crippen LogP contribution is -2.59. The van der Waals surface area contributed by atoms with Crippen LogP contribution in [0.4, 0.5) is 13.2 Å². The summed E-state index contributed by atoms with van der Waals surface area (Å²) in [5.41, 5.74) is 0. The molecule has 1 rings (SSSR count). The van der Waals surface area contributed by atoms with Gasteiger partial charge in [-0.25, -0.2) is 0 Å². The third-order valence-corrected chi connectivity index (χ3v) is 2.93. The molecule has 20 heavy (non-hydrogen) atoms. The number of nitrogens with zero attached hydrogens (tertiary/aromatic N) is 1. The van der Waals surface area contributed by atoms with Gasteiger partial charge >= 0.3 is 6.18 Å². The molecule has 116 valence electrons. The molecule has 2 amide bonds. The van der Waals surface area contributed by atoms with Gasteiger partial charge in [-0.1, -0.05) is 13.8 Å². The molecule has 0 radical (unpaired) electrons. The molecule has 0 bridgehead atoms. The van der Waals surface area contributed by atoms with E-state index in [1.54, 1.807) is 0 Å². The highest BCUT2D eigenvalue weighted by Crippen LogP contribution is 2.16. The zero-order chi connectivity index (χ0) is 15.3. The van der Waals surface area contributed by atoms with Crippen LogP contribution in [-0.4, -0.2) is 55.2 Å². The standard InChI is InChI=1S/C12H19F3N2O3/c1-8(2)10-11(19)16-4-5-17(10)9(18)3-6-20-7-12(13,14)15/h8,10H,3-7H2,1-2H3,(H,16,19). The van der Waals surface area contributed by atoms with E-state index in [-0.39, 0.29) is 30.8 Å². The molecule has 1 aliphatic rings. The van der Waals surface area contributed by atoms with Gasteiger partial charge in [0.25, 0.3) is 0 Å². The Morgan fingerprint density at radius 1 is 1.50 bits per heavy atom. The van der Waals surface area contributed by atoms with Crippen molar-refractivity contribution in [3.63, 3.8) is 0 Å². The van der Waals surface area contributed by atoms with Crippen molar-refractivity contribution in [1.82, 2.24) is 10.2 Å². The van der Waals surface area contributed by atoms with Gasteiger partial charge in [0.15, 0.2) is 0 Å². The summed E-state index contributed by atoms with van der Waals surface area (Å²) in [6, 6.07) is -0.570. The molecule has 0 aromatic carbocycles. The second-order valence-electron chi connectivity index (χ2n) is 4.98. The van der Waals surface area contributed by atoms with Crippen molar-refractivity contribution in [2.75, 3.05) is 26.3 Å². The van der Waals surface area contributed by atoms with Crippen LogP contribution in [0, 0.1) is 5.92 Å². The van der Waals surface area contributed by atoms with Crippen LogP contribution in [0.15, 0.2) is 0 Å². The van der Waals surface area contributed by atoms with Crippen LogP contribution in [0.25, 0.3) is 0 Å². The molecule has 1 aliphatic heterocycles. The molecule has 1 saturated heterocycles. The number of nitrogens with one attached hydrogen (secondary N) is 1. The Labute approximate surface area is 115 Å². The Bertz CT molecular complexity index is 358. The molecule has 1 heterocycles. The summed E-state index contributed by atoms with van der Waals surface area (Å²) in [6.45, 7) is 2.69. The monoisotopic (exact) mass is 296 g/mol. The Morgan fingerprint density at radius 3 is 2.70 bits per heavy atom. The highest BCUT2D eigenvalue weighted by atomic mass is 19.4. The average molecular weight is 296 g/mol. The number of rotatable bonds is 5. The third-order valence-electron chi connectivity index (χ3n) is 2.93. The minimum Gasteiger partial charge on any atom is -0.372 e. The van der Waals surface area contributed by atoms with Gasteiger partial charge < -0.3 is 15.0 Å². The number of piperazine rings is 1. The summed E-state index contributed by atoms with van der Waals surface area (Å²) in [4.78, 5) is 25.1. The fraction of sp³-hybridized carbons (Fsp3) is 0.833. The molecule has 5 nitrogen and oxygen atoms in total. The highest BCUT2D eigenvalue weighted by Gasteiger charge is 2.35. The Morgan fingerprint density at radius 2 is 2.15 bits per heavy atom. The van der Waals surface area contributed by atoms with E-state index >= 15 is 0 Å². The summed E-state index contributed by atoms with van der Waals surface area (Å²) in [5.74, 6) is -0.646. The van der Waals surface area contributed by atoms with Gasteiger partial charge in [-0.05, 0) is 5.92 Å². The van der Waals surface area contributed by atoms with E-state index in [0.717, 1.165) is 0 Å². The van der Waals surface area contributed by atoms with Crippen LogP contribution in [0.5, 0.6) is 0 Å². The summed E-state index contributed by atoms with van der Waals surface area (Å²) >= 11 is 0. The normalized spacial score (nSPS) is 20.2. The minimum absolute atomic E-state index is 0.0599. The van der Waals surface area contributed by atoms with Crippen molar-refractivity contribution in [3.05, 3.63) is 0 Å². The average Bonchev–Trinajstić information content (AvgIpc) is 2.32. The summed E-state index contributed by atoms with van der Waals surface area (Å²) < 4.78 is 40.1. The quantitative estimate of drug-likeness (QED) is 0.768. The number of hydrogen-bond acceptors (Lipinski definition) is 3. The first-order valence-corrected chi connectivity index (χ1v) is 6.44. The maximum absolute atomic E-state index is 12.0. The van der Waals surface area contributed by atoms with Crippen molar-refractivity contribution in [1.29, 1.82) is 0 Å². The topological polar surface area (TPSA) is 58.6 Å². The zero-order valence-electron chi connectivity index (χ0n) is 11.5. The zero-order valence-corrected chi connectivity index (χ0v) is 11.5. The molecule has 8 heteroatoms. The summed E-state index contributed by atoms with van der Waals surface area (Å²) in [5, 5.41) is 2.67. The molecule has 0 aromatic rings. The number of carbonyl (C=O) groups excluding carboxylic acids is 2. The number of halogens is 3. The molecule has 0 spiro atoms. The predicted molar refractivity (Wildman–Crippen MR) is 64.8 cm³/mol. The molecule has 0 saturated carbocycles. The maximum Gasteiger partial charge on any atom is 0.411 e. The number of hydrogen-bond donors (Lipinski definition) is 1. The van der Waals surface area contributed by atoms with Crippen molar-refractivity contribution < 1.29 is 27.5 Å². The van der Waals surface area contributed by atoms with Gasteiger partial charge in [0, 0.05) is 13.1 Å². The fourth-order valence-electron chi connectivity index (χ4n) is 2.12. The first kappa shape index (κ1) is 16.7. The third kappa shape index (κ3) is 4.99. The van der Waals surface area contributed by atoms with E-state index in [9.17, 15) is 22.8 Å². The van der Waals surface area contributed by atoms with Gasteiger partial charge in [-0.2, -0.15) is 13.2 Å². The molecule has 1 atom stereocenters. The number of ether oxygens (including phenoxy) is 1. The van der Waals surface area contributed by atoms with Crippen LogP contribution in [-0.2, 0) is 14.3 Å². The first-order chi connectivity index (χ1) is 9.22. The molecule has 1 N–H and O–H groups in total. The highest BCUT2D eigenvalue weighted by molar-refractivity contribution is 5.89. The van der Waals surface area contributed by atoms with Crippen LogP contribution in [0.2, 0.25) is 0 Å². The largest absolute Gasteiger partial charge is 0.411 e. The van der Waals surface area contributed by atoms with Crippen molar-refractivity contribution in [3.8, 4) is 0 Å². The van der Waals surface area contributed by atoms with Gasteiger partial charge in [-0.3, -0.25) is 9.59 Å². The summed E-state index contributed by atoms with van der Waals surface area (Å²) in [6.07, 6.45) is -4.55. The van der Waals surface area contributed by atoms with Gasteiger partial charge in [-0.15, -0.1) is 0 Å². The van der Waals surface area contributed by atoms with E-state index in [1.165, 1.54) is 4.90 Å². The van der Waals surface area contributed by atoms with Crippen LogP contribution in [0.1, 0.15) is 20.3 Å². The number of carbonyl (C=O) groups is 2. The lowest BCUT2D eigenvalue weighted by molar-refractivity contribution is -0.175. The van der Waals surface area contributed by atoms with Crippen LogP contribution < -0.4 is 5.32 Å². The SMILES string of the molecule is CC(C)C1C(=O)NCCN1C(=O)CCOCC(F)(F)F. The van der Waals surface area contributed by atoms with E-state index < -0.39 is 18.8 Å². The molecule has 0 aromatic heterocycles. The van der Waals surface area contributed by atoms with Gasteiger partial charge in [0.1, 0.15) is 12.6 Å². The Hall–Kier alpha value is -1.31. The van der Waals surface area contributed by atoms with Crippen molar-refractivity contribution in [2.24, 2.45) is 5.92 Å². The van der Waals surface area contributed by atoms with E-state index in [2.05, 4.69) is 10.1 Å². The van der Waals surface area contributed by atoms with Gasteiger partial charge in [0.2, 0.25) is 11.8 Å². The number of amides is 2. The van der Waals surface area contributed by atoms with Crippen molar-refractivity contribution in [2.45, 2.75) is 32.5 Å². The van der Waals surface area contributed by atoms with E-state index in [4.69, 9.17) is 0 Å². The minimum atomic E-state index is -4.39.